The van der Waals surface area contributed by atoms with E-state index in [-0.39, 0.29) is 11.9 Å². The quantitative estimate of drug-likeness (QED) is 0.667. The number of anilines is 2. The van der Waals surface area contributed by atoms with Crippen LogP contribution in [0.1, 0.15) is 30.6 Å². The minimum atomic E-state index is -0.786. The van der Waals surface area contributed by atoms with Gasteiger partial charge >= 0.3 is 0 Å². The molecule has 0 aliphatic rings. The van der Waals surface area contributed by atoms with Crippen molar-refractivity contribution >= 4 is 28.1 Å². The number of nitrogens with two attached hydrogens (primary N) is 1. The Labute approximate surface area is 122 Å². The number of carbonyl (C=O) groups is 1. The highest BCUT2D eigenvalue weighted by atomic mass is 32.2. The van der Waals surface area contributed by atoms with E-state index < -0.39 is 10.8 Å². The van der Waals surface area contributed by atoms with Gasteiger partial charge in [0.15, 0.2) is 0 Å². The monoisotopic (exact) mass is 297 g/mol. The van der Waals surface area contributed by atoms with Gasteiger partial charge in [0.05, 0.1) is 11.4 Å². The predicted octanol–water partition coefficient (Wildman–Crippen LogP) is 1.59. The van der Waals surface area contributed by atoms with Crippen LogP contribution >= 0.6 is 0 Å². The first-order chi connectivity index (χ1) is 9.43. The van der Waals surface area contributed by atoms with Crippen molar-refractivity contribution in [3.8, 4) is 0 Å². The van der Waals surface area contributed by atoms with Crippen LogP contribution in [0.25, 0.3) is 0 Å². The van der Waals surface area contributed by atoms with Gasteiger partial charge in [0, 0.05) is 41.0 Å². The molecule has 0 saturated heterocycles. The summed E-state index contributed by atoms with van der Waals surface area (Å²) in [5.41, 5.74) is 7.85. The largest absolute Gasteiger partial charge is 0.397 e. The highest BCUT2D eigenvalue weighted by Gasteiger charge is 2.09. The molecule has 0 saturated carbocycles. The second kappa shape index (κ2) is 7.89. The minimum Gasteiger partial charge on any atom is -0.397 e. The number of hydrogen-bond acceptors (Lipinski definition) is 4. The van der Waals surface area contributed by atoms with Crippen molar-refractivity contribution in [2.24, 2.45) is 0 Å². The zero-order chi connectivity index (χ0) is 15.1. The van der Waals surface area contributed by atoms with Gasteiger partial charge in [-0.3, -0.25) is 9.00 Å². The molecule has 0 fully saturated rings. The van der Waals surface area contributed by atoms with Gasteiger partial charge in [0.1, 0.15) is 0 Å². The van der Waals surface area contributed by atoms with E-state index in [1.165, 1.54) is 0 Å². The van der Waals surface area contributed by atoms with E-state index in [2.05, 4.69) is 10.6 Å². The van der Waals surface area contributed by atoms with Crippen LogP contribution in [0.5, 0.6) is 0 Å². The summed E-state index contributed by atoms with van der Waals surface area (Å²) in [6, 6.07) is 5.39. The Bertz CT molecular complexity index is 491. The maximum Gasteiger partial charge on any atom is 0.251 e. The van der Waals surface area contributed by atoms with Gasteiger partial charge in [-0.15, -0.1) is 0 Å². The lowest BCUT2D eigenvalue weighted by Gasteiger charge is -2.17. The molecule has 4 N–H and O–H groups in total. The van der Waals surface area contributed by atoms with Gasteiger partial charge in [-0.2, -0.15) is 0 Å². The molecular weight excluding hydrogens is 274 g/mol. The summed E-state index contributed by atoms with van der Waals surface area (Å²) in [5.74, 6) is 0.533. The number of nitrogens with one attached hydrogen (secondary N) is 2. The number of hydrogen-bond donors (Lipinski definition) is 3. The van der Waals surface area contributed by atoms with Crippen molar-refractivity contribution in [3.63, 3.8) is 0 Å². The number of carbonyl (C=O) groups excluding carboxylic acids is 1. The Morgan fingerprint density at radius 3 is 2.70 bits per heavy atom. The van der Waals surface area contributed by atoms with Crippen molar-refractivity contribution in [3.05, 3.63) is 23.8 Å². The zero-order valence-electron chi connectivity index (χ0n) is 12.2. The van der Waals surface area contributed by atoms with Gasteiger partial charge in [-0.1, -0.05) is 0 Å². The Balaban J connectivity index is 2.68. The molecule has 2 unspecified atom stereocenters. The number of nitrogen functional groups attached to an aromatic ring is 1. The molecule has 5 nitrogen and oxygen atoms in total. The molecule has 1 aromatic carbocycles. The van der Waals surface area contributed by atoms with Crippen LogP contribution in [-0.4, -0.2) is 34.7 Å². The van der Waals surface area contributed by atoms with Crippen LogP contribution in [0.4, 0.5) is 11.4 Å². The molecule has 0 heterocycles. The Hall–Kier alpha value is -1.56. The summed E-state index contributed by atoms with van der Waals surface area (Å²) >= 11 is 0. The maximum absolute atomic E-state index is 11.7. The zero-order valence-corrected chi connectivity index (χ0v) is 13.0. The average Bonchev–Trinajstić information content (AvgIpc) is 2.39. The molecular formula is C14H23N3O2S. The standard InChI is InChI=1S/C14H23N3O2S/c1-4-16-14(18)11-5-6-13(12(15)9-11)17-10(2)7-8-20(3)19/h5-6,9-10,17H,4,7-8,15H2,1-3H3,(H,16,18). The van der Waals surface area contributed by atoms with Gasteiger partial charge in [0.2, 0.25) is 0 Å². The fourth-order valence-electron chi connectivity index (χ4n) is 1.78. The van der Waals surface area contributed by atoms with E-state index in [1.807, 2.05) is 13.8 Å². The highest BCUT2D eigenvalue weighted by molar-refractivity contribution is 7.84. The van der Waals surface area contributed by atoms with Gasteiger partial charge in [-0.25, -0.2) is 0 Å². The first-order valence-corrected chi connectivity index (χ1v) is 8.41. The molecule has 0 spiro atoms. The molecule has 0 bridgehead atoms. The van der Waals surface area contributed by atoms with Crippen molar-refractivity contribution < 1.29 is 9.00 Å². The van der Waals surface area contributed by atoms with Crippen molar-refractivity contribution in [1.29, 1.82) is 0 Å². The normalized spacial score (nSPS) is 13.6. The van der Waals surface area contributed by atoms with Gasteiger partial charge in [0.25, 0.3) is 5.91 Å². The first kappa shape index (κ1) is 16.5. The third-order valence-electron chi connectivity index (χ3n) is 2.89. The molecule has 0 radical (unpaired) electrons. The summed E-state index contributed by atoms with van der Waals surface area (Å²) in [7, 11) is -0.786. The molecule has 1 rings (SSSR count). The van der Waals surface area contributed by atoms with Crippen LogP contribution < -0.4 is 16.4 Å². The molecule has 0 aliphatic heterocycles. The maximum atomic E-state index is 11.7. The van der Waals surface area contributed by atoms with Crippen molar-refractivity contribution in [2.45, 2.75) is 26.3 Å². The van der Waals surface area contributed by atoms with E-state index in [4.69, 9.17) is 5.73 Å². The lowest BCUT2D eigenvalue weighted by Crippen LogP contribution is -2.23. The topological polar surface area (TPSA) is 84.2 Å². The van der Waals surface area contributed by atoms with Crippen LogP contribution in [0.3, 0.4) is 0 Å². The number of rotatable bonds is 7. The molecule has 0 aliphatic carbocycles. The van der Waals surface area contributed by atoms with E-state index in [1.54, 1.807) is 24.5 Å². The van der Waals surface area contributed by atoms with Crippen LogP contribution in [-0.2, 0) is 10.8 Å². The summed E-state index contributed by atoms with van der Waals surface area (Å²) in [6.45, 7) is 4.48. The Morgan fingerprint density at radius 1 is 1.45 bits per heavy atom. The molecule has 20 heavy (non-hydrogen) atoms. The summed E-state index contributed by atoms with van der Waals surface area (Å²) in [4.78, 5) is 11.7. The number of benzene rings is 1. The Morgan fingerprint density at radius 2 is 2.15 bits per heavy atom. The second-order valence-electron chi connectivity index (χ2n) is 4.77. The molecule has 0 aromatic heterocycles. The van der Waals surface area contributed by atoms with E-state index in [0.717, 1.165) is 12.1 Å². The van der Waals surface area contributed by atoms with Crippen LogP contribution in [0.15, 0.2) is 18.2 Å². The summed E-state index contributed by atoms with van der Waals surface area (Å²) in [6.07, 6.45) is 2.50. The summed E-state index contributed by atoms with van der Waals surface area (Å²) in [5, 5.41) is 6.01. The van der Waals surface area contributed by atoms with Crippen molar-refractivity contribution in [1.82, 2.24) is 5.32 Å². The lowest BCUT2D eigenvalue weighted by atomic mass is 10.1. The fourth-order valence-corrected chi connectivity index (χ4v) is 2.46. The molecule has 6 heteroatoms. The van der Waals surface area contributed by atoms with E-state index in [0.29, 0.717) is 23.5 Å². The van der Waals surface area contributed by atoms with E-state index >= 15 is 0 Å². The third-order valence-corrected chi connectivity index (χ3v) is 3.70. The third kappa shape index (κ3) is 5.21. The lowest BCUT2D eigenvalue weighted by molar-refractivity contribution is 0.0956. The van der Waals surface area contributed by atoms with Crippen LogP contribution in [0, 0.1) is 0 Å². The van der Waals surface area contributed by atoms with Crippen LogP contribution in [0.2, 0.25) is 0 Å². The molecule has 1 aromatic rings. The highest BCUT2D eigenvalue weighted by Crippen LogP contribution is 2.21. The molecule has 2 atom stereocenters. The first-order valence-electron chi connectivity index (χ1n) is 6.68. The molecule has 1 amide bonds. The summed E-state index contributed by atoms with van der Waals surface area (Å²) < 4.78 is 11.1. The minimum absolute atomic E-state index is 0.125. The fraction of sp³-hybridized carbons (Fsp3) is 0.500. The second-order valence-corrected chi connectivity index (χ2v) is 6.33. The number of amides is 1. The SMILES string of the molecule is CCNC(=O)c1ccc(NC(C)CCS(C)=O)c(N)c1. The molecule has 112 valence electrons. The van der Waals surface area contributed by atoms with Gasteiger partial charge < -0.3 is 16.4 Å². The Kier molecular flexibility index (Phi) is 6.51. The average molecular weight is 297 g/mol. The smallest absolute Gasteiger partial charge is 0.251 e. The van der Waals surface area contributed by atoms with Crippen molar-refractivity contribution in [2.75, 3.05) is 29.6 Å². The predicted molar refractivity (Wildman–Crippen MR) is 85.5 cm³/mol. The van der Waals surface area contributed by atoms with E-state index in [9.17, 15) is 9.00 Å². The van der Waals surface area contributed by atoms with Gasteiger partial charge in [-0.05, 0) is 38.5 Å².